The molecular formula is C11H13BrINO2. The fourth-order valence-electron chi connectivity index (χ4n) is 1.10. The number of nitrogens with one attached hydrogen (secondary N) is 1. The molecule has 3 nitrogen and oxygen atoms in total. The van der Waals surface area contributed by atoms with E-state index in [9.17, 15) is 4.79 Å². The van der Waals surface area contributed by atoms with Gasteiger partial charge in [0.15, 0.2) is 0 Å². The maximum Gasteiger partial charge on any atom is 0.251 e. The molecule has 0 radical (unpaired) electrons. The maximum atomic E-state index is 11.6. The average molecular weight is 398 g/mol. The molecule has 0 aliphatic heterocycles. The molecule has 0 aliphatic carbocycles. The number of halogens is 2. The molecule has 0 atom stereocenters. The van der Waals surface area contributed by atoms with Crippen LogP contribution in [-0.4, -0.2) is 31.0 Å². The molecule has 0 saturated heterocycles. The van der Waals surface area contributed by atoms with Gasteiger partial charge in [0, 0.05) is 21.0 Å². The van der Waals surface area contributed by atoms with Crippen molar-refractivity contribution in [3.63, 3.8) is 0 Å². The van der Waals surface area contributed by atoms with Gasteiger partial charge in [0.25, 0.3) is 5.91 Å². The lowest BCUT2D eigenvalue weighted by Crippen LogP contribution is -2.27. The standard InChI is InChI=1S/C11H13BrINO2/c12-5-7-16-8-6-14-11(15)9-1-3-10(13)4-2-9/h1-4H,5-8H2,(H,14,15). The highest BCUT2D eigenvalue weighted by Gasteiger charge is 2.03. The van der Waals surface area contributed by atoms with Crippen LogP contribution in [0.3, 0.4) is 0 Å². The van der Waals surface area contributed by atoms with E-state index in [1.54, 1.807) is 0 Å². The molecule has 5 heteroatoms. The van der Waals surface area contributed by atoms with Crippen LogP contribution in [0.4, 0.5) is 0 Å². The summed E-state index contributed by atoms with van der Waals surface area (Å²) in [5.74, 6) is -0.0566. The van der Waals surface area contributed by atoms with Gasteiger partial charge in [-0.2, -0.15) is 0 Å². The molecule has 0 spiro atoms. The Balaban J connectivity index is 2.27. The van der Waals surface area contributed by atoms with Crippen LogP contribution in [0.15, 0.2) is 24.3 Å². The number of carbonyl (C=O) groups is 1. The van der Waals surface area contributed by atoms with Crippen LogP contribution in [0, 0.1) is 3.57 Å². The smallest absolute Gasteiger partial charge is 0.251 e. The summed E-state index contributed by atoms with van der Waals surface area (Å²) < 4.78 is 6.35. The molecule has 0 fully saturated rings. The van der Waals surface area contributed by atoms with Crippen molar-refractivity contribution < 1.29 is 9.53 Å². The number of rotatable bonds is 6. The molecule has 1 aromatic rings. The highest BCUT2D eigenvalue weighted by atomic mass is 127. The van der Waals surface area contributed by atoms with Gasteiger partial charge in [0.05, 0.1) is 13.2 Å². The number of ether oxygens (including phenoxy) is 1. The summed E-state index contributed by atoms with van der Waals surface area (Å²) in [6, 6.07) is 7.46. The van der Waals surface area contributed by atoms with Crippen molar-refractivity contribution in [3.8, 4) is 0 Å². The Labute approximate surface area is 117 Å². The molecule has 88 valence electrons. The summed E-state index contributed by atoms with van der Waals surface area (Å²) in [6.45, 7) is 1.75. The molecular weight excluding hydrogens is 385 g/mol. The highest BCUT2D eigenvalue weighted by molar-refractivity contribution is 14.1. The summed E-state index contributed by atoms with van der Waals surface area (Å²) in [5.41, 5.74) is 0.681. The van der Waals surface area contributed by atoms with Crippen molar-refractivity contribution in [1.82, 2.24) is 5.32 Å². The van der Waals surface area contributed by atoms with Gasteiger partial charge in [-0.3, -0.25) is 4.79 Å². The van der Waals surface area contributed by atoms with Gasteiger partial charge in [-0.1, -0.05) is 15.9 Å². The van der Waals surface area contributed by atoms with Crippen LogP contribution < -0.4 is 5.32 Å². The van der Waals surface area contributed by atoms with E-state index >= 15 is 0 Å². The normalized spacial score (nSPS) is 10.1. The van der Waals surface area contributed by atoms with Gasteiger partial charge in [-0.15, -0.1) is 0 Å². The maximum absolute atomic E-state index is 11.6. The molecule has 1 rings (SSSR count). The molecule has 1 N–H and O–H groups in total. The van der Waals surface area contributed by atoms with Crippen LogP contribution >= 0.6 is 38.5 Å². The second kappa shape index (κ2) is 8.03. The van der Waals surface area contributed by atoms with E-state index in [1.165, 1.54) is 0 Å². The SMILES string of the molecule is O=C(NCCOCCBr)c1ccc(I)cc1. The molecule has 0 unspecified atom stereocenters. The largest absolute Gasteiger partial charge is 0.379 e. The zero-order chi connectivity index (χ0) is 11.8. The second-order valence-electron chi connectivity index (χ2n) is 3.06. The van der Waals surface area contributed by atoms with E-state index < -0.39 is 0 Å². The fraction of sp³-hybridized carbons (Fsp3) is 0.364. The van der Waals surface area contributed by atoms with Crippen LogP contribution in [0.1, 0.15) is 10.4 Å². The molecule has 16 heavy (non-hydrogen) atoms. The van der Waals surface area contributed by atoms with E-state index in [0.717, 1.165) is 8.90 Å². The molecule has 0 bridgehead atoms. The van der Waals surface area contributed by atoms with Crippen molar-refractivity contribution in [3.05, 3.63) is 33.4 Å². The van der Waals surface area contributed by atoms with Gasteiger partial charge in [-0.25, -0.2) is 0 Å². The first-order chi connectivity index (χ1) is 7.74. The molecule has 1 amide bonds. The monoisotopic (exact) mass is 397 g/mol. The highest BCUT2D eigenvalue weighted by Crippen LogP contribution is 2.06. The predicted octanol–water partition coefficient (Wildman–Crippen LogP) is 2.43. The minimum absolute atomic E-state index is 0.0566. The molecule has 0 heterocycles. The van der Waals surface area contributed by atoms with Crippen LogP contribution in [0.25, 0.3) is 0 Å². The first-order valence-electron chi connectivity index (χ1n) is 4.91. The van der Waals surface area contributed by atoms with Crippen molar-refractivity contribution >= 4 is 44.4 Å². The summed E-state index contributed by atoms with van der Waals surface area (Å²) >= 11 is 5.47. The van der Waals surface area contributed by atoms with E-state index in [4.69, 9.17) is 4.74 Å². The number of benzene rings is 1. The molecule has 1 aromatic carbocycles. The summed E-state index contributed by atoms with van der Waals surface area (Å²) in [6.07, 6.45) is 0. The average Bonchev–Trinajstić information content (AvgIpc) is 2.29. The lowest BCUT2D eigenvalue weighted by Gasteiger charge is -2.05. The predicted molar refractivity (Wildman–Crippen MR) is 76.1 cm³/mol. The Morgan fingerprint density at radius 1 is 1.31 bits per heavy atom. The number of amides is 1. The van der Waals surface area contributed by atoms with Crippen molar-refractivity contribution in [2.75, 3.05) is 25.1 Å². The van der Waals surface area contributed by atoms with Gasteiger partial charge < -0.3 is 10.1 Å². The van der Waals surface area contributed by atoms with Crippen molar-refractivity contribution in [2.24, 2.45) is 0 Å². The topological polar surface area (TPSA) is 38.3 Å². The number of hydrogen-bond donors (Lipinski definition) is 1. The Hall–Kier alpha value is -0.140. The minimum atomic E-state index is -0.0566. The number of hydrogen-bond acceptors (Lipinski definition) is 2. The van der Waals surface area contributed by atoms with Gasteiger partial charge >= 0.3 is 0 Å². The third-order valence-electron chi connectivity index (χ3n) is 1.86. The molecule has 0 aliphatic rings. The Kier molecular flexibility index (Phi) is 6.98. The van der Waals surface area contributed by atoms with E-state index in [0.29, 0.717) is 25.3 Å². The van der Waals surface area contributed by atoms with Gasteiger partial charge in [0.1, 0.15) is 0 Å². The first kappa shape index (κ1) is 13.9. The van der Waals surface area contributed by atoms with Crippen molar-refractivity contribution in [2.45, 2.75) is 0 Å². The Bertz CT molecular complexity index is 329. The molecule has 0 saturated carbocycles. The second-order valence-corrected chi connectivity index (χ2v) is 5.10. The van der Waals surface area contributed by atoms with Crippen LogP contribution in [0.5, 0.6) is 0 Å². The third-order valence-corrected chi connectivity index (χ3v) is 2.90. The van der Waals surface area contributed by atoms with E-state index in [1.807, 2.05) is 24.3 Å². The molecule has 0 aromatic heterocycles. The summed E-state index contributed by atoms with van der Waals surface area (Å²) in [7, 11) is 0. The van der Waals surface area contributed by atoms with Gasteiger partial charge in [-0.05, 0) is 46.9 Å². The Morgan fingerprint density at radius 2 is 2.00 bits per heavy atom. The lowest BCUT2D eigenvalue weighted by atomic mass is 10.2. The summed E-state index contributed by atoms with van der Waals surface area (Å²) in [4.78, 5) is 11.6. The third kappa shape index (κ3) is 5.27. The lowest BCUT2D eigenvalue weighted by molar-refractivity contribution is 0.0924. The number of alkyl halides is 1. The van der Waals surface area contributed by atoms with Gasteiger partial charge in [0.2, 0.25) is 0 Å². The summed E-state index contributed by atoms with van der Waals surface area (Å²) in [5, 5.41) is 3.61. The van der Waals surface area contributed by atoms with E-state index in [-0.39, 0.29) is 5.91 Å². The van der Waals surface area contributed by atoms with Crippen molar-refractivity contribution in [1.29, 1.82) is 0 Å². The van der Waals surface area contributed by atoms with Crippen LogP contribution in [0.2, 0.25) is 0 Å². The quantitative estimate of drug-likeness (QED) is 0.455. The zero-order valence-corrected chi connectivity index (χ0v) is 12.5. The fourth-order valence-corrected chi connectivity index (χ4v) is 1.69. The Morgan fingerprint density at radius 3 is 2.62 bits per heavy atom. The first-order valence-corrected chi connectivity index (χ1v) is 7.11. The minimum Gasteiger partial charge on any atom is -0.379 e. The zero-order valence-electron chi connectivity index (χ0n) is 8.71. The number of carbonyl (C=O) groups excluding carboxylic acids is 1. The van der Waals surface area contributed by atoms with E-state index in [2.05, 4.69) is 43.8 Å². The van der Waals surface area contributed by atoms with Crippen LogP contribution in [-0.2, 0) is 4.74 Å².